The number of hydrogen-bond donors (Lipinski definition) is 0. The van der Waals surface area contributed by atoms with Crippen LogP contribution in [0.25, 0.3) is 0 Å². The van der Waals surface area contributed by atoms with Gasteiger partial charge in [0.1, 0.15) is 0 Å². The molecule has 0 rings (SSSR count). The molecule has 0 heterocycles. The molecule has 0 atom stereocenters. The quantitative estimate of drug-likeness (QED) is 0.333. The Morgan fingerprint density at radius 2 is 2.20 bits per heavy atom. The van der Waals surface area contributed by atoms with E-state index in [-0.39, 0.29) is 5.97 Å². The van der Waals surface area contributed by atoms with Crippen LogP contribution >= 0.6 is 0 Å². The average Bonchev–Trinajstić information content (AvgIpc) is 1.89. The summed E-state index contributed by atoms with van der Waals surface area (Å²) in [6.45, 7) is 6.93. The maximum absolute atomic E-state index is 10.6. The van der Waals surface area contributed by atoms with Crippen molar-refractivity contribution in [3.63, 3.8) is 0 Å². The van der Waals surface area contributed by atoms with Crippen molar-refractivity contribution in [2.24, 2.45) is 0 Å². The molecule has 0 N–H and O–H groups in total. The fourth-order valence-electron chi connectivity index (χ4n) is 0.598. The van der Waals surface area contributed by atoms with Gasteiger partial charge in [-0.15, -0.1) is 0 Å². The van der Waals surface area contributed by atoms with Crippen molar-refractivity contribution >= 4 is 5.97 Å². The van der Waals surface area contributed by atoms with Gasteiger partial charge in [-0.05, 0) is 6.42 Å². The zero-order chi connectivity index (χ0) is 7.82. The Bertz CT molecular complexity index is 108. The highest BCUT2D eigenvalue weighted by Gasteiger charge is 1.97. The number of hydrogen-bond acceptors (Lipinski definition) is 2. The predicted octanol–water partition coefficient (Wildman–Crippen LogP) is 2.07. The Balaban J connectivity index is 3.13. The second kappa shape index (κ2) is 6.33. The van der Waals surface area contributed by atoms with Crippen LogP contribution in [0.15, 0.2) is 12.8 Å². The largest absolute Gasteiger partial charge is 0.435 e. The Labute approximate surface area is 61.9 Å². The van der Waals surface area contributed by atoms with Crippen LogP contribution in [0.4, 0.5) is 0 Å². The van der Waals surface area contributed by atoms with Crippen LogP contribution < -0.4 is 0 Å². The van der Waals surface area contributed by atoms with Crippen LogP contribution in [0.3, 0.4) is 0 Å². The molecule has 1 radical (unpaired) electrons. The summed E-state index contributed by atoms with van der Waals surface area (Å²) in [7, 11) is 0. The van der Waals surface area contributed by atoms with Crippen molar-refractivity contribution in [2.75, 3.05) is 0 Å². The number of rotatable bonds is 5. The topological polar surface area (TPSA) is 26.3 Å². The molecule has 0 saturated heterocycles. The molecule has 0 aliphatic rings. The molecule has 0 fully saturated rings. The van der Waals surface area contributed by atoms with Gasteiger partial charge in [0.15, 0.2) is 0 Å². The van der Waals surface area contributed by atoms with Crippen molar-refractivity contribution < 1.29 is 9.53 Å². The Kier molecular flexibility index (Phi) is 5.83. The highest BCUT2D eigenvalue weighted by atomic mass is 16.5. The van der Waals surface area contributed by atoms with Gasteiger partial charge in [0.2, 0.25) is 0 Å². The zero-order valence-electron chi connectivity index (χ0n) is 6.14. The lowest BCUT2D eigenvalue weighted by molar-refractivity contribution is -0.138. The van der Waals surface area contributed by atoms with Crippen LogP contribution in [-0.2, 0) is 9.53 Å². The standard InChI is InChI=1S/C8H13O2/c1-3-5-6-7-8(9)10-4-2/h4H,1-3,5-7H2. The average molecular weight is 141 g/mol. The third kappa shape index (κ3) is 5.35. The van der Waals surface area contributed by atoms with E-state index in [1.807, 2.05) is 0 Å². The first-order chi connectivity index (χ1) is 4.81. The van der Waals surface area contributed by atoms with Crippen molar-refractivity contribution in [1.82, 2.24) is 0 Å². The Hall–Kier alpha value is -0.790. The van der Waals surface area contributed by atoms with E-state index in [2.05, 4.69) is 18.2 Å². The lowest BCUT2D eigenvalue weighted by Crippen LogP contribution is -1.97. The molecule has 0 aliphatic carbocycles. The van der Waals surface area contributed by atoms with Crippen LogP contribution in [0.5, 0.6) is 0 Å². The fraction of sp³-hybridized carbons (Fsp3) is 0.500. The summed E-state index contributed by atoms with van der Waals surface area (Å²) in [6.07, 6.45) is 4.35. The number of carbonyl (C=O) groups excluding carboxylic acids is 1. The van der Waals surface area contributed by atoms with Gasteiger partial charge in [0.25, 0.3) is 0 Å². The van der Waals surface area contributed by atoms with Crippen molar-refractivity contribution in [3.05, 3.63) is 19.8 Å². The molecule has 0 spiro atoms. The molecule has 2 nitrogen and oxygen atoms in total. The van der Waals surface area contributed by atoms with Crippen LogP contribution in [0, 0.1) is 6.92 Å². The van der Waals surface area contributed by atoms with Gasteiger partial charge >= 0.3 is 5.97 Å². The second-order valence-electron chi connectivity index (χ2n) is 1.97. The molecule has 57 valence electrons. The van der Waals surface area contributed by atoms with Gasteiger partial charge in [-0.3, -0.25) is 4.79 Å². The summed E-state index contributed by atoms with van der Waals surface area (Å²) in [5.74, 6) is -0.205. The molecule has 0 aliphatic heterocycles. The first-order valence-electron chi connectivity index (χ1n) is 3.41. The summed E-state index contributed by atoms with van der Waals surface area (Å²) < 4.78 is 4.49. The normalized spacial score (nSPS) is 8.90. The predicted molar refractivity (Wildman–Crippen MR) is 40.1 cm³/mol. The van der Waals surface area contributed by atoms with Gasteiger partial charge in [0.05, 0.1) is 6.26 Å². The molecular weight excluding hydrogens is 128 g/mol. The number of ether oxygens (including phenoxy) is 1. The van der Waals surface area contributed by atoms with Crippen LogP contribution in [0.2, 0.25) is 0 Å². The van der Waals surface area contributed by atoms with Gasteiger partial charge in [-0.1, -0.05) is 26.3 Å². The van der Waals surface area contributed by atoms with E-state index in [4.69, 9.17) is 0 Å². The highest BCUT2D eigenvalue weighted by molar-refractivity contribution is 5.69. The van der Waals surface area contributed by atoms with Gasteiger partial charge in [0, 0.05) is 6.42 Å². The molecule has 0 aromatic heterocycles. The molecule has 0 bridgehead atoms. The highest BCUT2D eigenvalue weighted by Crippen LogP contribution is 1.99. The van der Waals surface area contributed by atoms with Crippen molar-refractivity contribution in [3.8, 4) is 0 Å². The van der Waals surface area contributed by atoms with E-state index in [0.717, 1.165) is 25.5 Å². The molecule has 0 amide bonds. The summed E-state index contributed by atoms with van der Waals surface area (Å²) in [5.41, 5.74) is 0. The minimum atomic E-state index is -0.205. The number of esters is 1. The number of unbranched alkanes of at least 4 members (excludes halogenated alkanes) is 2. The van der Waals surface area contributed by atoms with Gasteiger partial charge in [-0.25, -0.2) is 0 Å². The summed E-state index contributed by atoms with van der Waals surface area (Å²) in [5, 5.41) is 0. The van der Waals surface area contributed by atoms with E-state index in [1.54, 1.807) is 0 Å². The first-order valence-corrected chi connectivity index (χ1v) is 3.41. The molecule has 0 unspecified atom stereocenters. The number of carbonyl (C=O) groups is 1. The maximum Gasteiger partial charge on any atom is 0.310 e. The van der Waals surface area contributed by atoms with E-state index < -0.39 is 0 Å². The summed E-state index contributed by atoms with van der Waals surface area (Å²) in [6, 6.07) is 0. The Morgan fingerprint density at radius 3 is 2.70 bits per heavy atom. The minimum absolute atomic E-state index is 0.205. The first kappa shape index (κ1) is 9.21. The minimum Gasteiger partial charge on any atom is -0.435 e. The third-order valence-corrected chi connectivity index (χ3v) is 1.10. The maximum atomic E-state index is 10.6. The monoisotopic (exact) mass is 141 g/mol. The summed E-state index contributed by atoms with van der Waals surface area (Å²) >= 11 is 0. The van der Waals surface area contributed by atoms with Crippen molar-refractivity contribution in [1.29, 1.82) is 0 Å². The van der Waals surface area contributed by atoms with Gasteiger partial charge < -0.3 is 4.74 Å². The van der Waals surface area contributed by atoms with E-state index in [1.165, 1.54) is 0 Å². The molecular formula is C8H13O2. The van der Waals surface area contributed by atoms with E-state index in [9.17, 15) is 4.79 Å². The van der Waals surface area contributed by atoms with Crippen molar-refractivity contribution in [2.45, 2.75) is 25.7 Å². The second-order valence-corrected chi connectivity index (χ2v) is 1.97. The molecule has 0 saturated carbocycles. The molecule has 0 aromatic carbocycles. The fourth-order valence-corrected chi connectivity index (χ4v) is 0.598. The molecule has 2 heteroatoms. The zero-order valence-corrected chi connectivity index (χ0v) is 6.14. The molecule has 0 aromatic rings. The molecule has 10 heavy (non-hydrogen) atoms. The Morgan fingerprint density at radius 1 is 1.50 bits per heavy atom. The smallest absolute Gasteiger partial charge is 0.310 e. The lowest BCUT2D eigenvalue weighted by atomic mass is 10.2. The SMILES string of the molecule is [CH2]CCCCC(=O)OC=C. The van der Waals surface area contributed by atoms with Crippen LogP contribution in [0.1, 0.15) is 25.7 Å². The van der Waals surface area contributed by atoms with Gasteiger partial charge in [-0.2, -0.15) is 0 Å². The van der Waals surface area contributed by atoms with Crippen LogP contribution in [-0.4, -0.2) is 5.97 Å². The lowest BCUT2D eigenvalue weighted by Gasteiger charge is -1.96. The van der Waals surface area contributed by atoms with E-state index in [0.29, 0.717) is 6.42 Å². The summed E-state index contributed by atoms with van der Waals surface area (Å²) in [4.78, 5) is 10.6. The third-order valence-electron chi connectivity index (χ3n) is 1.10. The van der Waals surface area contributed by atoms with E-state index >= 15 is 0 Å².